The van der Waals surface area contributed by atoms with Gasteiger partial charge in [-0.05, 0) is 163 Å². The van der Waals surface area contributed by atoms with Gasteiger partial charge in [-0.2, -0.15) is 0 Å². The van der Waals surface area contributed by atoms with Crippen molar-refractivity contribution in [3.63, 3.8) is 0 Å². The Kier molecular flexibility index (Phi) is 15.8. The number of fused-ring (bicyclic) bond motifs is 7. The number of nitrogens with zero attached hydrogens (tertiary/aromatic N) is 3. The maximum Gasteiger partial charge on any atom is 0.252 e. The lowest BCUT2D eigenvalue weighted by Crippen LogP contribution is -2.75. The molecule has 3 nitrogen and oxygen atoms in total. The van der Waals surface area contributed by atoms with Crippen LogP contribution >= 0.6 is 0 Å². The minimum absolute atomic E-state index is 0.0824. The number of para-hydroxylation sites is 1. The smallest absolute Gasteiger partial charge is 0.252 e. The summed E-state index contributed by atoms with van der Waals surface area (Å²) in [5.74, 6) is 0. The van der Waals surface area contributed by atoms with Crippen LogP contribution in [0.2, 0.25) is 0 Å². The zero-order chi connectivity index (χ0) is 70.3. The summed E-state index contributed by atoms with van der Waals surface area (Å²) in [4.78, 5) is 5.36. The van der Waals surface area contributed by atoms with Gasteiger partial charge in [-0.1, -0.05) is 351 Å². The van der Waals surface area contributed by atoms with Gasteiger partial charge in [0.2, 0.25) is 0 Å². The molecule has 498 valence electrons. The van der Waals surface area contributed by atoms with Gasteiger partial charge >= 0.3 is 0 Å². The second-order valence-electron chi connectivity index (χ2n) is 30.3. The highest BCUT2D eigenvalue weighted by molar-refractivity contribution is 7.20. The third-order valence-electron chi connectivity index (χ3n) is 22.4. The molecule has 0 amide bonds. The fourth-order valence-corrected chi connectivity index (χ4v) is 27.0. The van der Waals surface area contributed by atoms with Gasteiger partial charge in [-0.3, -0.25) is 0 Å². The summed E-state index contributed by atoms with van der Waals surface area (Å²) in [7, 11) is -6.23. The molecule has 15 aromatic carbocycles. The average Bonchev–Trinajstić information content (AvgIpc) is 0.776. The number of hydrogen-bond donors (Lipinski definition) is 0. The Hall–Kier alpha value is -11.8. The van der Waals surface area contributed by atoms with Crippen LogP contribution in [0.15, 0.2) is 376 Å². The largest absolute Gasteiger partial charge is 0.311 e. The van der Waals surface area contributed by atoms with Gasteiger partial charge in [0, 0.05) is 44.8 Å². The van der Waals surface area contributed by atoms with Crippen LogP contribution in [-0.2, 0) is 10.8 Å². The van der Waals surface area contributed by atoms with Crippen LogP contribution < -0.4 is 67.7 Å². The molecule has 1 aromatic heterocycles. The maximum atomic E-state index is 2.70. The standard InChI is InChI=1S/C98H80BN3Si2/c1-97(2,3)72-55-60-90-85(63-72)86-64-73(98(4,5)6)56-61-91(86)101(90)75-66-94-96-95(67-75)102(89-53-32-31-52-84(89)70-36-17-8-18-37-70)93-68-83(104(79-45-25-12-26-46-79,80-47-27-13-28-48-80)81-49-29-14-30-50-81)57-58-87(93)99(96)88-62-71(69-34-15-7-16-35-69)54-59-92(88)100(94)74-38-33-51-82(65-74)103(76-39-19-9-20-40-76,77-41-21-10-22-42-77)78-43-23-11-24-44-78/h7-68H,1-6H3. The number of anilines is 6. The number of rotatable bonds is 13. The van der Waals surface area contributed by atoms with E-state index in [9.17, 15) is 0 Å². The maximum absolute atomic E-state index is 3.15. The van der Waals surface area contributed by atoms with E-state index in [1.165, 1.54) is 102 Å². The molecule has 104 heavy (non-hydrogen) atoms. The summed E-state index contributed by atoms with van der Waals surface area (Å²) in [6, 6.07) is 144. The molecule has 0 bridgehead atoms. The predicted molar refractivity (Wildman–Crippen MR) is 450 cm³/mol. The topological polar surface area (TPSA) is 11.4 Å². The van der Waals surface area contributed by atoms with Crippen LogP contribution in [0.3, 0.4) is 0 Å². The number of benzene rings is 15. The molecule has 0 N–H and O–H groups in total. The first kappa shape index (κ1) is 64.3. The van der Waals surface area contributed by atoms with E-state index >= 15 is 0 Å². The SMILES string of the molecule is CC(C)(C)c1ccc2c(c1)c1cc(C(C)(C)C)ccc1n2-c1cc2c3c(c1)N(c1ccccc1-c1ccccc1)c1cc([Si](c4ccccc4)(c4ccccc4)c4ccccc4)ccc1B3c1cc(-c3ccccc3)ccc1N2c1cccc([Si](c2ccccc2)(c2ccccc2)c2ccccc2)c1. The van der Waals surface area contributed by atoms with Gasteiger partial charge in [-0.15, -0.1) is 0 Å². The third-order valence-corrected chi connectivity index (χ3v) is 31.9. The van der Waals surface area contributed by atoms with Gasteiger partial charge in [-0.25, -0.2) is 0 Å². The Morgan fingerprint density at radius 3 is 1.13 bits per heavy atom. The Morgan fingerprint density at radius 1 is 0.250 bits per heavy atom. The fourth-order valence-electron chi connectivity index (χ4n) is 17.5. The molecule has 0 saturated carbocycles. The van der Waals surface area contributed by atoms with Gasteiger partial charge in [0.15, 0.2) is 16.1 Å². The molecular weight excluding hydrogens is 1290 g/mol. The minimum Gasteiger partial charge on any atom is -0.311 e. The first-order valence-electron chi connectivity index (χ1n) is 36.7. The molecule has 6 heteroatoms. The molecule has 3 heterocycles. The second kappa shape index (κ2) is 25.6. The summed E-state index contributed by atoms with van der Waals surface area (Å²) in [6.45, 7) is 13.8. The van der Waals surface area contributed by atoms with Crippen molar-refractivity contribution in [1.29, 1.82) is 0 Å². The highest BCUT2D eigenvalue weighted by Crippen LogP contribution is 2.49. The fraction of sp³-hybridized carbons (Fsp3) is 0.0816. The highest BCUT2D eigenvalue weighted by Gasteiger charge is 2.48. The Labute approximate surface area is 614 Å². The van der Waals surface area contributed by atoms with Crippen LogP contribution in [0.25, 0.3) is 49.7 Å². The van der Waals surface area contributed by atoms with E-state index in [1.807, 2.05) is 0 Å². The Morgan fingerprint density at radius 2 is 0.663 bits per heavy atom. The molecule has 16 aromatic rings. The molecule has 0 saturated heterocycles. The molecule has 0 unspecified atom stereocenters. The Bertz CT molecular complexity index is 5610. The lowest BCUT2D eigenvalue weighted by atomic mass is 9.33. The zero-order valence-corrected chi connectivity index (χ0v) is 61.7. The summed E-state index contributed by atoms with van der Waals surface area (Å²) >= 11 is 0. The summed E-state index contributed by atoms with van der Waals surface area (Å²) in [5.41, 5.74) is 21.1. The second-order valence-corrected chi connectivity index (χ2v) is 38.0. The van der Waals surface area contributed by atoms with Crippen molar-refractivity contribution in [1.82, 2.24) is 4.57 Å². The first-order valence-corrected chi connectivity index (χ1v) is 40.7. The first-order chi connectivity index (χ1) is 50.9. The van der Waals surface area contributed by atoms with Gasteiger partial charge < -0.3 is 14.4 Å². The highest BCUT2D eigenvalue weighted by atomic mass is 28.3. The van der Waals surface area contributed by atoms with E-state index in [0.29, 0.717) is 0 Å². The van der Waals surface area contributed by atoms with E-state index in [-0.39, 0.29) is 17.5 Å². The summed E-state index contributed by atoms with van der Waals surface area (Å²) in [5, 5.41) is 13.1. The van der Waals surface area contributed by atoms with Crippen molar-refractivity contribution < 1.29 is 0 Å². The summed E-state index contributed by atoms with van der Waals surface area (Å²) in [6.07, 6.45) is 0. The molecule has 0 aliphatic carbocycles. The number of aromatic nitrogens is 1. The molecule has 2 aliphatic rings. The van der Waals surface area contributed by atoms with Gasteiger partial charge in [0.25, 0.3) is 6.71 Å². The normalized spacial score (nSPS) is 12.8. The molecule has 2 aliphatic heterocycles. The molecule has 0 radical (unpaired) electrons. The van der Waals surface area contributed by atoms with E-state index in [0.717, 1.165) is 50.9 Å². The zero-order valence-electron chi connectivity index (χ0n) is 59.7. The quantitative estimate of drug-likeness (QED) is 0.0842. The van der Waals surface area contributed by atoms with Crippen LogP contribution in [0.1, 0.15) is 52.7 Å². The summed E-state index contributed by atoms with van der Waals surface area (Å²) < 4.78 is 2.60. The molecular formula is C98H80BN3Si2. The van der Waals surface area contributed by atoms with E-state index in [4.69, 9.17) is 0 Å². The monoisotopic (exact) mass is 1370 g/mol. The molecule has 0 atom stereocenters. The molecule has 0 fully saturated rings. The van der Waals surface area contributed by atoms with Crippen molar-refractivity contribution in [2.24, 2.45) is 0 Å². The van der Waals surface area contributed by atoms with E-state index in [2.05, 4.69) is 432 Å². The lowest BCUT2D eigenvalue weighted by Gasteiger charge is -2.46. The third kappa shape index (κ3) is 10.5. The van der Waals surface area contributed by atoms with E-state index in [1.54, 1.807) is 0 Å². The van der Waals surface area contributed by atoms with Gasteiger partial charge in [0.1, 0.15) is 0 Å². The van der Waals surface area contributed by atoms with Crippen molar-refractivity contribution in [3.8, 4) is 27.9 Å². The van der Waals surface area contributed by atoms with Crippen molar-refractivity contribution in [2.75, 3.05) is 9.80 Å². The van der Waals surface area contributed by atoms with Crippen molar-refractivity contribution in [3.05, 3.63) is 387 Å². The van der Waals surface area contributed by atoms with Crippen LogP contribution in [0, 0.1) is 0 Å². The van der Waals surface area contributed by atoms with Crippen LogP contribution in [-0.4, -0.2) is 27.4 Å². The van der Waals surface area contributed by atoms with Crippen molar-refractivity contribution in [2.45, 2.75) is 52.4 Å². The molecule has 18 rings (SSSR count). The minimum atomic E-state index is -3.15. The van der Waals surface area contributed by atoms with Crippen LogP contribution in [0.4, 0.5) is 34.1 Å². The van der Waals surface area contributed by atoms with E-state index < -0.39 is 16.1 Å². The predicted octanol–water partition coefficient (Wildman–Crippen LogP) is 17.6. The van der Waals surface area contributed by atoms with Crippen molar-refractivity contribution >= 4 is 137 Å². The number of hydrogen-bond acceptors (Lipinski definition) is 2. The Balaban J connectivity index is 1.01. The average molecular weight is 1370 g/mol. The van der Waals surface area contributed by atoms with Crippen LogP contribution in [0.5, 0.6) is 0 Å². The lowest BCUT2D eigenvalue weighted by molar-refractivity contribution is 0.590. The van der Waals surface area contributed by atoms with Gasteiger partial charge in [0.05, 0.1) is 22.4 Å². The molecule has 0 spiro atoms.